The third-order valence-electron chi connectivity index (χ3n) is 1.53. The van der Waals surface area contributed by atoms with Gasteiger partial charge < -0.3 is 16.4 Å². The molecule has 0 aliphatic carbocycles. The molecule has 80 valence electrons. The maximum Gasteiger partial charge on any atom is 0.319 e. The number of anilines is 1. The van der Waals surface area contributed by atoms with Crippen LogP contribution in [0, 0.1) is 5.82 Å². The molecule has 0 bridgehead atoms. The van der Waals surface area contributed by atoms with Gasteiger partial charge in [-0.1, -0.05) is 0 Å². The predicted octanol–water partition coefficient (Wildman–Crippen LogP) is 0.432. The summed E-state index contributed by atoms with van der Waals surface area (Å²) < 4.78 is 12.5. The van der Waals surface area contributed by atoms with Crippen molar-refractivity contribution >= 4 is 17.6 Å². The van der Waals surface area contributed by atoms with Crippen molar-refractivity contribution in [1.29, 1.82) is 0 Å². The van der Waals surface area contributed by atoms with Gasteiger partial charge in [0.05, 0.1) is 6.54 Å². The molecule has 3 amide bonds. The number of hydrogen-bond acceptors (Lipinski definition) is 2. The van der Waals surface area contributed by atoms with Crippen molar-refractivity contribution in [1.82, 2.24) is 5.32 Å². The van der Waals surface area contributed by atoms with E-state index in [2.05, 4.69) is 10.6 Å². The van der Waals surface area contributed by atoms with Gasteiger partial charge in [0.2, 0.25) is 5.91 Å². The maximum absolute atomic E-state index is 12.5. The van der Waals surface area contributed by atoms with Gasteiger partial charge in [-0.3, -0.25) is 4.79 Å². The highest BCUT2D eigenvalue weighted by molar-refractivity contribution is 5.91. The van der Waals surface area contributed by atoms with Gasteiger partial charge in [0.15, 0.2) is 0 Å². The highest BCUT2D eigenvalue weighted by atomic mass is 19.1. The molecule has 1 aromatic carbocycles. The number of hydrogen-bond donors (Lipinski definition) is 3. The molecular weight excluding hydrogens is 201 g/mol. The Morgan fingerprint density at radius 1 is 1.27 bits per heavy atom. The van der Waals surface area contributed by atoms with Crippen LogP contribution in [0.25, 0.3) is 0 Å². The zero-order valence-corrected chi connectivity index (χ0v) is 7.79. The number of amides is 3. The van der Waals surface area contributed by atoms with E-state index in [-0.39, 0.29) is 6.54 Å². The number of nitrogens with one attached hydrogen (secondary N) is 2. The molecule has 1 rings (SSSR count). The molecule has 0 spiro atoms. The molecule has 0 atom stereocenters. The molecule has 0 aliphatic heterocycles. The van der Waals surface area contributed by atoms with E-state index in [0.29, 0.717) is 5.69 Å². The van der Waals surface area contributed by atoms with E-state index >= 15 is 0 Å². The topological polar surface area (TPSA) is 84.2 Å². The van der Waals surface area contributed by atoms with Gasteiger partial charge in [-0.2, -0.15) is 0 Å². The largest absolute Gasteiger partial charge is 0.368 e. The van der Waals surface area contributed by atoms with E-state index in [9.17, 15) is 14.0 Å². The monoisotopic (exact) mass is 211 g/mol. The molecule has 5 nitrogen and oxygen atoms in total. The molecule has 0 aliphatic rings. The quantitative estimate of drug-likeness (QED) is 0.677. The summed E-state index contributed by atoms with van der Waals surface area (Å²) in [5.74, 6) is -1.03. The van der Waals surface area contributed by atoms with Gasteiger partial charge in [0.1, 0.15) is 5.82 Å². The van der Waals surface area contributed by atoms with E-state index in [1.165, 1.54) is 24.3 Å². The zero-order valence-electron chi connectivity index (χ0n) is 7.79. The minimum atomic E-state index is -0.635. The van der Waals surface area contributed by atoms with E-state index in [1.807, 2.05) is 0 Å². The van der Waals surface area contributed by atoms with Crippen LogP contribution in [0.4, 0.5) is 14.9 Å². The zero-order chi connectivity index (χ0) is 11.3. The van der Waals surface area contributed by atoms with Crippen LogP contribution in [-0.2, 0) is 4.79 Å². The first kappa shape index (κ1) is 11.0. The molecule has 0 saturated carbocycles. The van der Waals surface area contributed by atoms with Crippen LogP contribution in [0.15, 0.2) is 24.3 Å². The molecule has 6 heteroatoms. The summed E-state index contributed by atoms with van der Waals surface area (Å²) >= 11 is 0. The van der Waals surface area contributed by atoms with Crippen LogP contribution in [0.3, 0.4) is 0 Å². The summed E-state index contributed by atoms with van der Waals surface area (Å²) in [5.41, 5.74) is 5.25. The number of rotatable bonds is 3. The highest BCUT2D eigenvalue weighted by Gasteiger charge is 2.02. The third-order valence-corrected chi connectivity index (χ3v) is 1.53. The standard InChI is InChI=1S/C9H10FN3O2/c10-6-1-3-7(4-2-6)13-9(15)12-5-8(11)14/h1-4H,5H2,(H2,11,14)(H2,12,13,15). The number of benzene rings is 1. The lowest BCUT2D eigenvalue weighted by Crippen LogP contribution is -2.36. The molecule has 0 saturated heterocycles. The predicted molar refractivity (Wildman–Crippen MR) is 52.6 cm³/mol. The fourth-order valence-corrected chi connectivity index (χ4v) is 0.876. The molecule has 1 aromatic rings. The first-order valence-corrected chi connectivity index (χ1v) is 4.16. The Balaban J connectivity index is 2.44. The van der Waals surface area contributed by atoms with E-state index in [0.717, 1.165) is 0 Å². The summed E-state index contributed by atoms with van der Waals surface area (Å²) in [6, 6.07) is 4.66. The molecular formula is C9H10FN3O2. The minimum absolute atomic E-state index is 0.243. The summed E-state index contributed by atoms with van der Waals surface area (Å²) in [7, 11) is 0. The first-order chi connectivity index (χ1) is 7.08. The van der Waals surface area contributed by atoms with E-state index in [4.69, 9.17) is 5.73 Å². The van der Waals surface area contributed by atoms with Gasteiger partial charge in [-0.05, 0) is 24.3 Å². The minimum Gasteiger partial charge on any atom is -0.368 e. The fourth-order valence-electron chi connectivity index (χ4n) is 0.876. The van der Waals surface area contributed by atoms with Crippen molar-refractivity contribution in [3.8, 4) is 0 Å². The fraction of sp³-hybridized carbons (Fsp3) is 0.111. The van der Waals surface area contributed by atoms with Crippen LogP contribution in [0.1, 0.15) is 0 Å². The first-order valence-electron chi connectivity index (χ1n) is 4.16. The summed E-state index contributed by atoms with van der Waals surface area (Å²) in [4.78, 5) is 21.4. The molecule has 15 heavy (non-hydrogen) atoms. The number of urea groups is 1. The van der Waals surface area contributed by atoms with Crippen LogP contribution in [0.2, 0.25) is 0 Å². The Morgan fingerprint density at radius 3 is 2.40 bits per heavy atom. The summed E-state index contributed by atoms with van der Waals surface area (Å²) in [5, 5.41) is 4.63. The van der Waals surface area contributed by atoms with Gasteiger partial charge in [0.25, 0.3) is 0 Å². The molecule has 0 aromatic heterocycles. The lowest BCUT2D eigenvalue weighted by Gasteiger charge is -2.05. The number of halogens is 1. The molecule has 0 radical (unpaired) electrons. The highest BCUT2D eigenvalue weighted by Crippen LogP contribution is 2.07. The van der Waals surface area contributed by atoms with Crippen LogP contribution < -0.4 is 16.4 Å². The third kappa shape index (κ3) is 4.08. The van der Waals surface area contributed by atoms with Crippen molar-refractivity contribution in [2.24, 2.45) is 5.73 Å². The molecule has 0 heterocycles. The number of carbonyl (C=O) groups is 2. The van der Waals surface area contributed by atoms with Crippen LogP contribution in [-0.4, -0.2) is 18.5 Å². The summed E-state index contributed by atoms with van der Waals surface area (Å²) in [6.07, 6.45) is 0. The van der Waals surface area contributed by atoms with Gasteiger partial charge in [0, 0.05) is 5.69 Å². The lowest BCUT2D eigenvalue weighted by molar-refractivity contribution is -0.117. The van der Waals surface area contributed by atoms with Crippen molar-refractivity contribution in [3.63, 3.8) is 0 Å². The normalized spacial score (nSPS) is 9.40. The second kappa shape index (κ2) is 4.94. The van der Waals surface area contributed by atoms with Crippen LogP contribution >= 0.6 is 0 Å². The number of nitrogens with two attached hydrogens (primary N) is 1. The van der Waals surface area contributed by atoms with Crippen molar-refractivity contribution in [3.05, 3.63) is 30.1 Å². The average Bonchev–Trinajstić information content (AvgIpc) is 2.19. The van der Waals surface area contributed by atoms with Crippen molar-refractivity contribution in [2.45, 2.75) is 0 Å². The average molecular weight is 211 g/mol. The molecule has 0 unspecified atom stereocenters. The molecule has 0 fully saturated rings. The summed E-state index contributed by atoms with van der Waals surface area (Å²) in [6.45, 7) is -0.243. The van der Waals surface area contributed by atoms with Gasteiger partial charge in [-0.15, -0.1) is 0 Å². The Labute approximate surface area is 85.5 Å². The Kier molecular flexibility index (Phi) is 3.61. The maximum atomic E-state index is 12.5. The smallest absolute Gasteiger partial charge is 0.319 e. The van der Waals surface area contributed by atoms with Gasteiger partial charge >= 0.3 is 6.03 Å². The SMILES string of the molecule is NC(=O)CNC(=O)Nc1ccc(F)cc1. The van der Waals surface area contributed by atoms with Crippen molar-refractivity contribution < 1.29 is 14.0 Å². The number of primary amides is 1. The van der Waals surface area contributed by atoms with E-state index < -0.39 is 17.8 Å². The van der Waals surface area contributed by atoms with Crippen molar-refractivity contribution in [2.75, 3.05) is 11.9 Å². The Bertz CT molecular complexity index is 364. The Hall–Kier alpha value is -2.11. The Morgan fingerprint density at radius 2 is 1.87 bits per heavy atom. The van der Waals surface area contributed by atoms with Gasteiger partial charge in [-0.25, -0.2) is 9.18 Å². The molecule has 4 N–H and O–H groups in total. The second-order valence-corrected chi connectivity index (χ2v) is 2.78. The second-order valence-electron chi connectivity index (χ2n) is 2.78. The number of carbonyl (C=O) groups excluding carboxylic acids is 2. The van der Waals surface area contributed by atoms with E-state index in [1.54, 1.807) is 0 Å². The van der Waals surface area contributed by atoms with Crippen LogP contribution in [0.5, 0.6) is 0 Å². The lowest BCUT2D eigenvalue weighted by atomic mass is 10.3.